The van der Waals surface area contributed by atoms with Crippen LogP contribution in [0.5, 0.6) is 0 Å². The molecule has 3 rings (SSSR count). The molecule has 0 aromatic heterocycles. The molecular formula is C15H14F6O3S2. The molecular weight excluding hydrogens is 406 g/mol. The molecule has 0 amide bonds. The van der Waals surface area contributed by atoms with Gasteiger partial charge in [-0.25, -0.2) is 0 Å². The summed E-state index contributed by atoms with van der Waals surface area (Å²) < 4.78 is 108. The van der Waals surface area contributed by atoms with Crippen LogP contribution in [0, 0.1) is 5.92 Å². The van der Waals surface area contributed by atoms with Crippen LogP contribution in [0.3, 0.4) is 0 Å². The van der Waals surface area contributed by atoms with Crippen LogP contribution in [0.25, 0.3) is 6.08 Å². The molecule has 0 saturated heterocycles. The van der Waals surface area contributed by atoms with E-state index in [4.69, 9.17) is 0 Å². The highest BCUT2D eigenvalue weighted by Gasteiger charge is 2.65. The van der Waals surface area contributed by atoms with Crippen LogP contribution in [-0.4, -0.2) is 19.4 Å². The second kappa shape index (κ2) is 6.16. The summed E-state index contributed by atoms with van der Waals surface area (Å²) >= 11 is 0. The first-order valence-corrected chi connectivity index (χ1v) is 10.6. The number of halogens is 6. The number of hydrogen-bond donors (Lipinski definition) is 0. The van der Waals surface area contributed by atoms with Crippen LogP contribution in [0.1, 0.15) is 31.2 Å². The topological polar surface area (TPSA) is 43.4 Å². The molecule has 26 heavy (non-hydrogen) atoms. The van der Waals surface area contributed by atoms with Crippen molar-refractivity contribution in [1.29, 1.82) is 0 Å². The monoisotopic (exact) mass is 420 g/mol. The zero-order valence-electron chi connectivity index (χ0n) is 13.1. The molecule has 146 valence electrons. The molecule has 1 unspecified atom stereocenters. The van der Waals surface area contributed by atoms with Crippen LogP contribution in [0.4, 0.5) is 26.3 Å². The minimum Gasteiger partial charge on any atom is -0.196 e. The van der Waals surface area contributed by atoms with Crippen LogP contribution in [0.15, 0.2) is 34.1 Å². The van der Waals surface area contributed by atoms with Crippen molar-refractivity contribution in [2.45, 2.75) is 41.6 Å². The lowest BCUT2D eigenvalue weighted by atomic mass is 10.1. The zero-order chi connectivity index (χ0) is 19.4. The van der Waals surface area contributed by atoms with E-state index >= 15 is 0 Å². The van der Waals surface area contributed by atoms with E-state index in [1.807, 2.05) is 0 Å². The Morgan fingerprint density at radius 3 is 2.12 bits per heavy atom. The maximum atomic E-state index is 14.2. The van der Waals surface area contributed by atoms with Gasteiger partial charge >= 0.3 is 21.1 Å². The Labute approximate surface area is 147 Å². The summed E-state index contributed by atoms with van der Waals surface area (Å²) in [4.78, 5) is -0.946. The fourth-order valence-corrected chi connectivity index (χ4v) is 8.13. The van der Waals surface area contributed by atoms with Gasteiger partial charge in [-0.1, -0.05) is 31.0 Å². The van der Waals surface area contributed by atoms with Crippen molar-refractivity contribution in [2.75, 3.05) is 0 Å². The van der Waals surface area contributed by atoms with Gasteiger partial charge in [0, 0.05) is 20.1 Å². The molecule has 1 fully saturated rings. The molecule has 0 radical (unpaired) electrons. The predicted octanol–water partition coefficient (Wildman–Crippen LogP) is 5.70. The zero-order valence-corrected chi connectivity index (χ0v) is 14.7. The van der Waals surface area contributed by atoms with E-state index < -0.39 is 47.2 Å². The van der Waals surface area contributed by atoms with Crippen LogP contribution in [0.2, 0.25) is 0 Å². The smallest absolute Gasteiger partial charge is 0.196 e. The number of fused-ring (bicyclic) bond motifs is 1. The average Bonchev–Trinajstić information content (AvgIpc) is 3.12. The summed E-state index contributed by atoms with van der Waals surface area (Å²) in [7, 11) is -11.3. The predicted molar refractivity (Wildman–Crippen MR) is 84.3 cm³/mol. The van der Waals surface area contributed by atoms with Crippen molar-refractivity contribution in [3.8, 4) is 0 Å². The van der Waals surface area contributed by atoms with Crippen molar-refractivity contribution in [2.24, 2.45) is 5.92 Å². The molecule has 3 nitrogen and oxygen atoms in total. The maximum Gasteiger partial charge on any atom is 0.523 e. The van der Waals surface area contributed by atoms with Crippen molar-refractivity contribution in [3.05, 3.63) is 34.7 Å². The first kappa shape index (κ1) is 19.6. The molecule has 0 spiro atoms. The highest BCUT2D eigenvalue weighted by atomic mass is 32.3. The van der Waals surface area contributed by atoms with Crippen LogP contribution < -0.4 is 0 Å². The fraction of sp³-hybridized carbons (Fsp3) is 0.467. The third-order valence-electron chi connectivity index (χ3n) is 4.42. The van der Waals surface area contributed by atoms with Crippen molar-refractivity contribution in [1.82, 2.24) is 0 Å². The van der Waals surface area contributed by atoms with Crippen molar-refractivity contribution >= 4 is 26.5 Å². The molecule has 11 heteroatoms. The van der Waals surface area contributed by atoms with E-state index in [1.54, 1.807) is 0 Å². The van der Waals surface area contributed by atoms with Gasteiger partial charge < -0.3 is 0 Å². The highest BCUT2D eigenvalue weighted by Crippen LogP contribution is 2.80. The maximum absolute atomic E-state index is 14.2. The summed E-state index contributed by atoms with van der Waals surface area (Å²) in [5, 5.41) is 0. The summed E-state index contributed by atoms with van der Waals surface area (Å²) in [6.45, 7) is 0. The van der Waals surface area contributed by atoms with E-state index in [2.05, 4.69) is 3.63 Å². The Balaban J connectivity index is 2.25. The minimum absolute atomic E-state index is 0.0408. The number of benzene rings is 1. The molecule has 1 saturated carbocycles. The molecule has 1 aromatic rings. The van der Waals surface area contributed by atoms with E-state index in [1.165, 1.54) is 18.2 Å². The molecule has 1 heterocycles. The molecule has 1 aromatic carbocycles. The Bertz CT molecular complexity index is 838. The van der Waals surface area contributed by atoms with Gasteiger partial charge in [0.15, 0.2) is 0 Å². The van der Waals surface area contributed by atoms with Gasteiger partial charge in [0.1, 0.15) is 0 Å². The van der Waals surface area contributed by atoms with Gasteiger partial charge in [0.2, 0.25) is 0 Å². The van der Waals surface area contributed by atoms with Gasteiger partial charge in [0.25, 0.3) is 0 Å². The summed E-state index contributed by atoms with van der Waals surface area (Å²) in [6, 6.07) is 4.96. The third-order valence-corrected chi connectivity index (χ3v) is 9.28. The normalized spacial score (nSPS) is 27.1. The third kappa shape index (κ3) is 2.93. The Kier molecular flexibility index (Phi) is 4.64. The Morgan fingerprint density at radius 1 is 1.00 bits per heavy atom. The van der Waals surface area contributed by atoms with Gasteiger partial charge in [0.05, 0.1) is 0 Å². The fourth-order valence-electron chi connectivity index (χ4n) is 3.33. The highest BCUT2D eigenvalue weighted by molar-refractivity contribution is 8.37. The lowest BCUT2D eigenvalue weighted by molar-refractivity contribution is -0.0547. The molecule has 2 aliphatic rings. The molecule has 1 atom stereocenters. The number of hydrogen-bond acceptors (Lipinski definition) is 3. The first-order chi connectivity index (χ1) is 11.9. The van der Waals surface area contributed by atoms with E-state index in [0.29, 0.717) is 25.7 Å². The molecule has 1 aliphatic heterocycles. The lowest BCUT2D eigenvalue weighted by Crippen LogP contribution is -2.33. The molecule has 1 aliphatic carbocycles. The lowest BCUT2D eigenvalue weighted by Gasteiger charge is -2.41. The van der Waals surface area contributed by atoms with Crippen molar-refractivity contribution < 1.29 is 38.4 Å². The van der Waals surface area contributed by atoms with Crippen molar-refractivity contribution in [3.63, 3.8) is 0 Å². The van der Waals surface area contributed by atoms with E-state index in [9.17, 15) is 34.8 Å². The first-order valence-electron chi connectivity index (χ1n) is 7.63. The van der Waals surface area contributed by atoms with Gasteiger partial charge in [-0.15, -0.1) is 0 Å². The van der Waals surface area contributed by atoms with Crippen LogP contribution >= 0.6 is 10.3 Å². The minimum atomic E-state index is -6.45. The van der Waals surface area contributed by atoms with E-state index in [0.717, 1.165) is 12.1 Å². The van der Waals surface area contributed by atoms with Gasteiger partial charge in [-0.05, 0) is 36.5 Å². The van der Waals surface area contributed by atoms with Gasteiger partial charge in [-0.3, -0.25) is 0 Å². The van der Waals surface area contributed by atoms with Gasteiger partial charge in [-0.2, -0.15) is 38.4 Å². The quantitative estimate of drug-likeness (QED) is 0.466. The Hall–Kier alpha value is -1.20. The van der Waals surface area contributed by atoms with E-state index in [-0.39, 0.29) is 5.56 Å². The number of rotatable bonds is 3. The number of alkyl halides is 6. The largest absolute Gasteiger partial charge is 0.523 e. The summed E-state index contributed by atoms with van der Waals surface area (Å²) in [5.41, 5.74) is -11.2. The molecule has 0 N–H and O–H groups in total. The standard InChI is InChI=1S/C15H14F6O3S2/c16-14(17,18)25(24-26(22,23)15(19,20)21)12-8-4-3-7-11(12)9-13(25)10-5-1-2-6-10/h3-4,7-10H,1-2,5-6H2. The average molecular weight is 420 g/mol. The summed E-state index contributed by atoms with van der Waals surface area (Å²) in [5.74, 6) is -0.664. The number of allylic oxidation sites excluding steroid dienone is 1. The summed E-state index contributed by atoms with van der Waals surface area (Å²) in [6.07, 6.45) is 3.09. The molecule has 0 bridgehead atoms. The second-order valence-electron chi connectivity index (χ2n) is 6.04. The Morgan fingerprint density at radius 2 is 1.58 bits per heavy atom. The SMILES string of the molecule is O=S(=O)(OS1(C(F)(F)F)C(C2CCCC2)=Cc2ccccc21)C(F)(F)F. The second-order valence-corrected chi connectivity index (χ2v) is 10.4. The van der Waals surface area contributed by atoms with Crippen LogP contribution in [-0.2, 0) is 13.7 Å².